The summed E-state index contributed by atoms with van der Waals surface area (Å²) in [6, 6.07) is 6.15. The molecular weight excluding hydrogens is 262 g/mol. The van der Waals surface area contributed by atoms with Crippen molar-refractivity contribution < 1.29 is 14.6 Å². The maximum absolute atomic E-state index is 10.2. The second-order valence-electron chi connectivity index (χ2n) is 4.95. The molecule has 0 aliphatic carbocycles. The van der Waals surface area contributed by atoms with Crippen LogP contribution in [0.5, 0.6) is 11.5 Å². The van der Waals surface area contributed by atoms with Gasteiger partial charge in [0, 0.05) is 18.3 Å². The van der Waals surface area contributed by atoms with Crippen LogP contribution in [-0.4, -0.2) is 36.0 Å². The van der Waals surface area contributed by atoms with Gasteiger partial charge in [-0.25, -0.2) is 0 Å². The normalized spacial score (nSPS) is 23.3. The zero-order valence-electron chi connectivity index (χ0n) is 10.8. The highest BCUT2D eigenvalue weighted by molar-refractivity contribution is 7.99. The first-order chi connectivity index (χ1) is 9.33. The van der Waals surface area contributed by atoms with Crippen LogP contribution in [0.4, 0.5) is 0 Å². The van der Waals surface area contributed by atoms with Crippen LogP contribution in [0, 0.1) is 0 Å². The Kier molecular flexibility index (Phi) is 4.15. The van der Waals surface area contributed by atoms with Gasteiger partial charge in [0.25, 0.3) is 0 Å². The molecule has 2 aliphatic heterocycles. The van der Waals surface area contributed by atoms with Gasteiger partial charge in [-0.05, 0) is 36.3 Å². The first-order valence-corrected chi connectivity index (χ1v) is 7.87. The van der Waals surface area contributed by atoms with Crippen LogP contribution in [0.3, 0.4) is 0 Å². The van der Waals surface area contributed by atoms with Crippen LogP contribution in [0.1, 0.15) is 24.5 Å². The number of ether oxygens (including phenoxy) is 2. The fraction of sp³-hybridized carbons (Fsp3) is 0.571. The van der Waals surface area contributed by atoms with E-state index >= 15 is 0 Å². The molecular formula is C14H19NO3S. The quantitative estimate of drug-likeness (QED) is 0.883. The van der Waals surface area contributed by atoms with Gasteiger partial charge < -0.3 is 19.9 Å². The molecule has 2 N–H and O–H groups in total. The molecule has 5 heteroatoms. The number of benzene rings is 1. The lowest BCUT2D eigenvalue weighted by Crippen LogP contribution is -2.36. The number of hydrogen-bond acceptors (Lipinski definition) is 5. The van der Waals surface area contributed by atoms with E-state index in [0.29, 0.717) is 12.6 Å². The van der Waals surface area contributed by atoms with Gasteiger partial charge in [-0.3, -0.25) is 0 Å². The topological polar surface area (TPSA) is 50.7 Å². The molecule has 2 aliphatic rings. The molecule has 1 aromatic carbocycles. The zero-order chi connectivity index (χ0) is 13.1. The molecule has 0 saturated carbocycles. The number of aliphatic hydroxyl groups is 1. The van der Waals surface area contributed by atoms with Gasteiger partial charge >= 0.3 is 0 Å². The van der Waals surface area contributed by atoms with Crippen molar-refractivity contribution in [3.05, 3.63) is 23.8 Å². The van der Waals surface area contributed by atoms with Crippen molar-refractivity contribution in [2.24, 2.45) is 0 Å². The molecule has 0 spiro atoms. The monoisotopic (exact) mass is 281 g/mol. The van der Waals surface area contributed by atoms with E-state index in [4.69, 9.17) is 9.47 Å². The largest absolute Gasteiger partial charge is 0.454 e. The molecule has 0 amide bonds. The van der Waals surface area contributed by atoms with Gasteiger partial charge in [0.2, 0.25) is 6.79 Å². The fourth-order valence-electron chi connectivity index (χ4n) is 2.42. The van der Waals surface area contributed by atoms with Crippen molar-refractivity contribution in [2.45, 2.75) is 25.0 Å². The number of nitrogens with one attached hydrogen (secondary N) is 1. The minimum Gasteiger partial charge on any atom is -0.454 e. The Labute approximate surface area is 117 Å². The number of thioether (sulfide) groups is 1. The zero-order valence-corrected chi connectivity index (χ0v) is 11.6. The third-order valence-electron chi connectivity index (χ3n) is 3.54. The molecule has 0 aromatic heterocycles. The van der Waals surface area contributed by atoms with Crippen LogP contribution in [0.25, 0.3) is 0 Å². The Morgan fingerprint density at radius 3 is 3.11 bits per heavy atom. The Bertz CT molecular complexity index is 435. The van der Waals surface area contributed by atoms with Gasteiger partial charge in [0.05, 0.1) is 6.10 Å². The average Bonchev–Trinajstić information content (AvgIpc) is 2.93. The third-order valence-corrected chi connectivity index (χ3v) is 4.76. The SMILES string of the molecule is OC(CNC1CCCSC1)c1ccc2c(c1)OCO2. The number of fused-ring (bicyclic) bond motifs is 1. The molecule has 4 nitrogen and oxygen atoms in total. The van der Waals surface area contributed by atoms with Gasteiger partial charge in [-0.2, -0.15) is 11.8 Å². The molecule has 1 fully saturated rings. The molecule has 1 aromatic rings. The van der Waals surface area contributed by atoms with Crippen molar-refractivity contribution in [2.75, 3.05) is 24.8 Å². The van der Waals surface area contributed by atoms with Crippen molar-refractivity contribution in [1.82, 2.24) is 5.32 Å². The second kappa shape index (κ2) is 6.03. The third kappa shape index (κ3) is 3.16. The van der Waals surface area contributed by atoms with E-state index in [1.54, 1.807) is 0 Å². The van der Waals surface area contributed by atoms with E-state index < -0.39 is 6.10 Å². The summed E-state index contributed by atoms with van der Waals surface area (Å²) in [4.78, 5) is 0. The summed E-state index contributed by atoms with van der Waals surface area (Å²) in [5.74, 6) is 3.90. The van der Waals surface area contributed by atoms with Gasteiger partial charge in [0.1, 0.15) is 0 Å². The van der Waals surface area contributed by atoms with Crippen molar-refractivity contribution in [1.29, 1.82) is 0 Å². The second-order valence-corrected chi connectivity index (χ2v) is 6.10. The first kappa shape index (κ1) is 13.1. The highest BCUT2D eigenvalue weighted by atomic mass is 32.2. The maximum atomic E-state index is 10.2. The summed E-state index contributed by atoms with van der Waals surface area (Å²) in [6.45, 7) is 0.858. The van der Waals surface area contributed by atoms with E-state index in [-0.39, 0.29) is 6.79 Å². The lowest BCUT2D eigenvalue weighted by atomic mass is 10.1. The highest BCUT2D eigenvalue weighted by Gasteiger charge is 2.18. The molecule has 104 valence electrons. The lowest BCUT2D eigenvalue weighted by molar-refractivity contribution is 0.167. The fourth-order valence-corrected chi connectivity index (χ4v) is 3.52. The standard InChI is InChI=1S/C14H19NO3S/c16-12(7-15-11-2-1-5-19-8-11)10-3-4-13-14(6-10)18-9-17-13/h3-4,6,11-12,15-16H,1-2,5,7-9H2. The van der Waals surface area contributed by atoms with Crippen molar-refractivity contribution >= 4 is 11.8 Å². The summed E-state index contributed by atoms with van der Waals surface area (Å²) in [6.07, 6.45) is 1.98. The molecule has 2 atom stereocenters. The minimum absolute atomic E-state index is 0.270. The summed E-state index contributed by atoms with van der Waals surface area (Å²) < 4.78 is 10.6. The smallest absolute Gasteiger partial charge is 0.231 e. The van der Waals surface area contributed by atoms with Crippen molar-refractivity contribution in [3.63, 3.8) is 0 Å². The predicted octanol–water partition coefficient (Wildman–Crippen LogP) is 1.93. The molecule has 2 unspecified atom stereocenters. The van der Waals surface area contributed by atoms with E-state index in [1.807, 2.05) is 30.0 Å². The summed E-state index contributed by atoms with van der Waals surface area (Å²) in [5, 5.41) is 13.7. The first-order valence-electron chi connectivity index (χ1n) is 6.71. The van der Waals surface area contributed by atoms with Gasteiger partial charge in [0.15, 0.2) is 11.5 Å². The maximum Gasteiger partial charge on any atom is 0.231 e. The van der Waals surface area contributed by atoms with E-state index in [9.17, 15) is 5.11 Å². The van der Waals surface area contributed by atoms with Gasteiger partial charge in [-0.15, -0.1) is 0 Å². The Morgan fingerprint density at radius 2 is 2.26 bits per heavy atom. The van der Waals surface area contributed by atoms with Crippen LogP contribution in [0.15, 0.2) is 18.2 Å². The Hall–Kier alpha value is -0.910. The minimum atomic E-state index is -0.499. The van der Waals surface area contributed by atoms with Crippen LogP contribution in [-0.2, 0) is 0 Å². The molecule has 0 radical (unpaired) electrons. The van der Waals surface area contributed by atoms with Crippen LogP contribution < -0.4 is 14.8 Å². The molecule has 1 saturated heterocycles. The molecule has 0 bridgehead atoms. The van der Waals surface area contributed by atoms with Crippen molar-refractivity contribution in [3.8, 4) is 11.5 Å². The Balaban J connectivity index is 1.56. The predicted molar refractivity (Wildman–Crippen MR) is 75.9 cm³/mol. The number of rotatable bonds is 4. The summed E-state index contributed by atoms with van der Waals surface area (Å²) in [7, 11) is 0. The summed E-state index contributed by atoms with van der Waals surface area (Å²) >= 11 is 1.99. The Morgan fingerprint density at radius 1 is 1.37 bits per heavy atom. The molecule has 19 heavy (non-hydrogen) atoms. The van der Waals surface area contributed by atoms with Gasteiger partial charge in [-0.1, -0.05) is 6.07 Å². The molecule has 2 heterocycles. The number of aliphatic hydroxyl groups excluding tert-OH is 1. The van der Waals surface area contributed by atoms with E-state index in [1.165, 1.54) is 18.6 Å². The number of hydrogen-bond donors (Lipinski definition) is 2. The van der Waals surface area contributed by atoms with Crippen LogP contribution >= 0.6 is 11.8 Å². The van der Waals surface area contributed by atoms with E-state index in [2.05, 4.69) is 5.32 Å². The lowest BCUT2D eigenvalue weighted by Gasteiger charge is -2.24. The highest BCUT2D eigenvalue weighted by Crippen LogP contribution is 2.34. The van der Waals surface area contributed by atoms with Crippen LogP contribution in [0.2, 0.25) is 0 Å². The average molecular weight is 281 g/mol. The summed E-state index contributed by atoms with van der Waals surface area (Å²) in [5.41, 5.74) is 0.875. The molecule has 3 rings (SSSR count). The van der Waals surface area contributed by atoms with E-state index in [0.717, 1.165) is 22.8 Å².